The van der Waals surface area contributed by atoms with Gasteiger partial charge in [-0.3, -0.25) is 9.59 Å². The van der Waals surface area contributed by atoms with Crippen molar-refractivity contribution in [1.29, 1.82) is 0 Å². The van der Waals surface area contributed by atoms with Crippen LogP contribution in [0.5, 0.6) is 0 Å². The molecule has 25 heavy (non-hydrogen) atoms. The lowest BCUT2D eigenvalue weighted by atomic mass is 9.82. The zero-order chi connectivity index (χ0) is 19.3. The molecule has 4 nitrogen and oxygen atoms in total. The summed E-state index contributed by atoms with van der Waals surface area (Å²) in [5, 5.41) is 18.5. The highest BCUT2D eigenvalue weighted by molar-refractivity contribution is 5.74. The van der Waals surface area contributed by atoms with Gasteiger partial charge in [0, 0.05) is 0 Å². The van der Waals surface area contributed by atoms with Crippen molar-refractivity contribution in [2.45, 2.75) is 98.3 Å². The molecule has 0 aliphatic rings. The van der Waals surface area contributed by atoms with E-state index >= 15 is 0 Å². The Balaban J connectivity index is 3.72. The smallest absolute Gasteiger partial charge is 0.309 e. The molecule has 0 spiro atoms. The summed E-state index contributed by atoms with van der Waals surface area (Å²) in [4.78, 5) is 22.4. The molecule has 0 saturated carbocycles. The van der Waals surface area contributed by atoms with Crippen LogP contribution in [-0.2, 0) is 9.59 Å². The first-order valence-corrected chi connectivity index (χ1v) is 9.83. The monoisotopic (exact) mass is 354 g/mol. The van der Waals surface area contributed by atoms with E-state index in [2.05, 4.69) is 12.2 Å². The van der Waals surface area contributed by atoms with Crippen molar-refractivity contribution in [2.24, 2.45) is 10.8 Å². The Morgan fingerprint density at radius 2 is 1.08 bits per heavy atom. The lowest BCUT2D eigenvalue weighted by molar-refractivity contribution is -0.149. The van der Waals surface area contributed by atoms with Gasteiger partial charge in [0.15, 0.2) is 0 Å². The molecule has 0 radical (unpaired) electrons. The highest BCUT2D eigenvalue weighted by atomic mass is 16.4. The minimum atomic E-state index is -0.687. The first-order valence-electron chi connectivity index (χ1n) is 9.83. The van der Waals surface area contributed by atoms with Gasteiger partial charge in [0.1, 0.15) is 0 Å². The van der Waals surface area contributed by atoms with Crippen molar-refractivity contribution in [3.8, 4) is 0 Å². The van der Waals surface area contributed by atoms with Gasteiger partial charge in [-0.2, -0.15) is 0 Å². The van der Waals surface area contributed by atoms with E-state index < -0.39 is 22.8 Å². The first-order chi connectivity index (χ1) is 11.7. The summed E-state index contributed by atoms with van der Waals surface area (Å²) in [7, 11) is 0. The van der Waals surface area contributed by atoms with Gasteiger partial charge in [0.05, 0.1) is 10.8 Å². The maximum atomic E-state index is 11.2. The van der Waals surface area contributed by atoms with E-state index in [4.69, 9.17) is 0 Å². The number of carboxylic acids is 2. The number of rotatable bonds is 15. The van der Waals surface area contributed by atoms with Gasteiger partial charge in [-0.15, -0.1) is 0 Å². The molecule has 4 heteroatoms. The largest absolute Gasteiger partial charge is 0.481 e. The van der Waals surface area contributed by atoms with E-state index in [1.54, 1.807) is 0 Å². The number of hydrogen-bond acceptors (Lipinski definition) is 2. The van der Waals surface area contributed by atoms with Crippen LogP contribution in [0.15, 0.2) is 12.2 Å². The molecule has 0 aromatic rings. The second-order valence-electron chi connectivity index (χ2n) is 7.76. The molecule has 0 amide bonds. The molecule has 2 unspecified atom stereocenters. The molecule has 0 saturated heterocycles. The molecule has 0 aliphatic heterocycles. The Morgan fingerprint density at radius 3 is 1.44 bits per heavy atom. The summed E-state index contributed by atoms with van der Waals surface area (Å²) in [6, 6.07) is 0. The van der Waals surface area contributed by atoms with E-state index in [9.17, 15) is 19.8 Å². The van der Waals surface area contributed by atoms with Crippen LogP contribution in [0.3, 0.4) is 0 Å². The van der Waals surface area contributed by atoms with Gasteiger partial charge in [-0.05, 0) is 65.2 Å². The molecule has 0 aliphatic carbocycles. The van der Waals surface area contributed by atoms with E-state index in [1.165, 1.54) is 0 Å². The Morgan fingerprint density at radius 1 is 0.720 bits per heavy atom. The third kappa shape index (κ3) is 9.08. The third-order valence-electron chi connectivity index (χ3n) is 5.71. The number of aliphatic carboxylic acids is 2. The Hall–Kier alpha value is -1.32. The number of hydrogen-bond donors (Lipinski definition) is 2. The third-order valence-corrected chi connectivity index (χ3v) is 5.71. The SMILES string of the molecule is CCC(C)(CCCCC=CCCCCCC(C)(CC)C(=O)O)C(=O)O. The Labute approximate surface area is 153 Å². The predicted molar refractivity (Wildman–Crippen MR) is 103 cm³/mol. The summed E-state index contributed by atoms with van der Waals surface area (Å²) in [6.45, 7) is 7.55. The van der Waals surface area contributed by atoms with Crippen LogP contribution < -0.4 is 0 Å². The van der Waals surface area contributed by atoms with Crippen LogP contribution in [0.2, 0.25) is 0 Å². The fourth-order valence-corrected chi connectivity index (χ4v) is 2.84. The minimum Gasteiger partial charge on any atom is -0.481 e. The standard InChI is InChI=1S/C21H38O4/c1-5-20(3,18(22)23)16-14-12-10-8-7-9-11-13-15-17-21(4,6-2)19(24)25/h7-8H,5-6,9-17H2,1-4H3,(H,22,23)(H,24,25). The van der Waals surface area contributed by atoms with E-state index in [-0.39, 0.29) is 0 Å². The first kappa shape index (κ1) is 23.7. The Bertz CT molecular complexity index is 430. The normalized spacial score (nSPS) is 16.5. The van der Waals surface area contributed by atoms with Gasteiger partial charge in [-0.25, -0.2) is 0 Å². The predicted octanol–water partition coefficient (Wildman–Crippen LogP) is 6.06. The lowest BCUT2D eigenvalue weighted by Crippen LogP contribution is -2.26. The molecule has 0 bridgehead atoms. The number of carbonyl (C=O) groups is 2. The molecular weight excluding hydrogens is 316 g/mol. The zero-order valence-electron chi connectivity index (χ0n) is 16.6. The summed E-state index contributed by atoms with van der Waals surface area (Å²) < 4.78 is 0. The second kappa shape index (κ2) is 12.1. The van der Waals surface area contributed by atoms with E-state index in [1.807, 2.05) is 27.7 Å². The fourth-order valence-electron chi connectivity index (χ4n) is 2.84. The van der Waals surface area contributed by atoms with Crippen LogP contribution in [0, 0.1) is 10.8 Å². The molecule has 2 atom stereocenters. The summed E-state index contributed by atoms with van der Waals surface area (Å²) in [6.07, 6.45) is 14.4. The molecule has 0 fully saturated rings. The molecular formula is C21H38O4. The average Bonchev–Trinajstić information content (AvgIpc) is 2.58. The van der Waals surface area contributed by atoms with Gasteiger partial charge in [0.25, 0.3) is 0 Å². The highest BCUT2D eigenvalue weighted by Gasteiger charge is 2.30. The number of carboxylic acid groups (broad SMARTS) is 2. The van der Waals surface area contributed by atoms with Crippen molar-refractivity contribution in [3.05, 3.63) is 12.2 Å². The van der Waals surface area contributed by atoms with Gasteiger partial charge >= 0.3 is 11.9 Å². The van der Waals surface area contributed by atoms with Crippen LogP contribution in [0.1, 0.15) is 98.3 Å². The number of allylic oxidation sites excluding steroid dienone is 2. The van der Waals surface area contributed by atoms with E-state index in [0.717, 1.165) is 57.8 Å². The summed E-state index contributed by atoms with van der Waals surface area (Å²) in [5.41, 5.74) is -1.15. The van der Waals surface area contributed by atoms with Crippen LogP contribution >= 0.6 is 0 Å². The topological polar surface area (TPSA) is 74.6 Å². The minimum absolute atomic E-state index is 0.571. The summed E-state index contributed by atoms with van der Waals surface area (Å²) >= 11 is 0. The molecule has 0 rings (SSSR count). The van der Waals surface area contributed by atoms with Gasteiger partial charge < -0.3 is 10.2 Å². The Kier molecular flexibility index (Phi) is 11.5. The van der Waals surface area contributed by atoms with Gasteiger partial charge in [-0.1, -0.05) is 45.3 Å². The van der Waals surface area contributed by atoms with Crippen molar-refractivity contribution >= 4 is 11.9 Å². The maximum absolute atomic E-state index is 11.2. The molecule has 146 valence electrons. The fraction of sp³-hybridized carbons (Fsp3) is 0.810. The molecule has 0 aromatic carbocycles. The van der Waals surface area contributed by atoms with Crippen molar-refractivity contribution in [2.75, 3.05) is 0 Å². The van der Waals surface area contributed by atoms with Crippen LogP contribution in [-0.4, -0.2) is 22.2 Å². The van der Waals surface area contributed by atoms with Crippen LogP contribution in [0.25, 0.3) is 0 Å². The molecule has 0 heterocycles. The quantitative estimate of drug-likeness (QED) is 0.277. The van der Waals surface area contributed by atoms with Crippen molar-refractivity contribution < 1.29 is 19.8 Å². The zero-order valence-corrected chi connectivity index (χ0v) is 16.6. The van der Waals surface area contributed by atoms with Crippen molar-refractivity contribution in [3.63, 3.8) is 0 Å². The maximum Gasteiger partial charge on any atom is 0.309 e. The summed E-state index contributed by atoms with van der Waals surface area (Å²) in [5.74, 6) is -1.37. The highest BCUT2D eigenvalue weighted by Crippen LogP contribution is 2.29. The molecule has 0 aromatic heterocycles. The van der Waals surface area contributed by atoms with E-state index in [0.29, 0.717) is 12.8 Å². The second-order valence-corrected chi connectivity index (χ2v) is 7.76. The van der Waals surface area contributed by atoms with Gasteiger partial charge in [0.2, 0.25) is 0 Å². The number of unbranched alkanes of at least 4 members (excludes halogenated alkanes) is 5. The van der Waals surface area contributed by atoms with Crippen LogP contribution in [0.4, 0.5) is 0 Å². The lowest BCUT2D eigenvalue weighted by Gasteiger charge is -2.22. The average molecular weight is 355 g/mol. The van der Waals surface area contributed by atoms with Crippen molar-refractivity contribution in [1.82, 2.24) is 0 Å². The molecule has 2 N–H and O–H groups in total.